The molecule has 2 aromatic rings. The predicted molar refractivity (Wildman–Crippen MR) is 93.6 cm³/mol. The standard InChI is InChI=1S/C18H21F2N3O2/c1-11(2)13-7-5-6-8-15(13)23(4)18(24)22-14-10-9-12(3)21-16(14)25-17(19)20/h5-11,17H,1-4H3,(H,22,24). The van der Waals surface area contributed by atoms with Crippen LogP contribution in [0.5, 0.6) is 5.88 Å². The molecule has 0 aliphatic rings. The molecule has 1 aromatic carbocycles. The van der Waals surface area contributed by atoms with Crippen LogP contribution in [0.1, 0.15) is 31.0 Å². The van der Waals surface area contributed by atoms with Gasteiger partial charge in [0.15, 0.2) is 0 Å². The van der Waals surface area contributed by atoms with Crippen LogP contribution in [0.4, 0.5) is 25.0 Å². The molecule has 25 heavy (non-hydrogen) atoms. The lowest BCUT2D eigenvalue weighted by molar-refractivity contribution is -0.0523. The van der Waals surface area contributed by atoms with E-state index >= 15 is 0 Å². The summed E-state index contributed by atoms with van der Waals surface area (Å²) < 4.78 is 29.5. The number of aromatic nitrogens is 1. The van der Waals surface area contributed by atoms with E-state index in [0.717, 1.165) is 11.3 Å². The third-order valence-corrected chi connectivity index (χ3v) is 3.67. The average Bonchev–Trinajstić information content (AvgIpc) is 2.56. The zero-order valence-corrected chi connectivity index (χ0v) is 14.6. The highest BCUT2D eigenvalue weighted by atomic mass is 19.3. The Morgan fingerprint density at radius 2 is 1.88 bits per heavy atom. The summed E-state index contributed by atoms with van der Waals surface area (Å²) in [7, 11) is 1.62. The molecule has 0 saturated heterocycles. The Kier molecular flexibility index (Phi) is 5.90. The Labute approximate surface area is 145 Å². The number of anilines is 2. The van der Waals surface area contributed by atoms with E-state index in [1.807, 2.05) is 38.1 Å². The van der Waals surface area contributed by atoms with Gasteiger partial charge >= 0.3 is 12.6 Å². The molecule has 0 bridgehead atoms. The second-order valence-corrected chi connectivity index (χ2v) is 5.89. The highest BCUT2D eigenvalue weighted by Gasteiger charge is 2.19. The minimum Gasteiger partial charge on any atom is -0.415 e. The summed E-state index contributed by atoms with van der Waals surface area (Å²) in [5.41, 5.74) is 2.34. The number of nitrogens with one attached hydrogen (secondary N) is 1. The number of alkyl halides is 2. The van der Waals surface area contributed by atoms with Crippen LogP contribution in [-0.4, -0.2) is 24.7 Å². The van der Waals surface area contributed by atoms with Gasteiger partial charge in [-0.05, 0) is 36.6 Å². The summed E-state index contributed by atoms with van der Waals surface area (Å²) in [6.07, 6.45) is 0. The molecular weight excluding hydrogens is 328 g/mol. The van der Waals surface area contributed by atoms with Gasteiger partial charge < -0.3 is 10.1 Å². The molecule has 1 heterocycles. The van der Waals surface area contributed by atoms with Crippen molar-refractivity contribution < 1.29 is 18.3 Å². The smallest absolute Gasteiger partial charge is 0.388 e. The zero-order chi connectivity index (χ0) is 18.6. The third kappa shape index (κ3) is 4.65. The largest absolute Gasteiger partial charge is 0.415 e. The summed E-state index contributed by atoms with van der Waals surface area (Å²) in [6.45, 7) is 2.69. The van der Waals surface area contributed by atoms with Crippen LogP contribution in [0.15, 0.2) is 36.4 Å². The topological polar surface area (TPSA) is 54.5 Å². The van der Waals surface area contributed by atoms with Crippen molar-refractivity contribution in [3.05, 3.63) is 47.7 Å². The molecule has 1 aromatic heterocycles. The first-order valence-electron chi connectivity index (χ1n) is 7.85. The molecule has 1 N–H and O–H groups in total. The van der Waals surface area contributed by atoms with Crippen LogP contribution < -0.4 is 15.0 Å². The van der Waals surface area contributed by atoms with Gasteiger partial charge in [0.1, 0.15) is 5.69 Å². The normalized spacial score (nSPS) is 10.9. The SMILES string of the molecule is Cc1ccc(NC(=O)N(C)c2ccccc2C(C)C)c(OC(F)F)n1. The van der Waals surface area contributed by atoms with Crippen LogP contribution in [0.25, 0.3) is 0 Å². The summed E-state index contributed by atoms with van der Waals surface area (Å²) in [5.74, 6) is -0.0842. The van der Waals surface area contributed by atoms with Crippen molar-refractivity contribution >= 4 is 17.4 Å². The monoisotopic (exact) mass is 349 g/mol. The van der Waals surface area contributed by atoms with Gasteiger partial charge in [-0.3, -0.25) is 4.90 Å². The van der Waals surface area contributed by atoms with E-state index in [2.05, 4.69) is 15.0 Å². The Morgan fingerprint density at radius 3 is 2.52 bits per heavy atom. The number of para-hydroxylation sites is 1. The number of rotatable bonds is 5. The van der Waals surface area contributed by atoms with Crippen LogP contribution in [0.2, 0.25) is 0 Å². The molecule has 134 valence electrons. The van der Waals surface area contributed by atoms with Crippen molar-refractivity contribution in [1.82, 2.24) is 4.98 Å². The lowest BCUT2D eigenvalue weighted by Crippen LogP contribution is -2.32. The highest BCUT2D eigenvalue weighted by molar-refractivity contribution is 6.02. The van der Waals surface area contributed by atoms with E-state index in [-0.39, 0.29) is 17.5 Å². The van der Waals surface area contributed by atoms with E-state index in [1.54, 1.807) is 20.0 Å². The number of hydrogen-bond acceptors (Lipinski definition) is 3. The van der Waals surface area contributed by atoms with E-state index in [1.165, 1.54) is 11.0 Å². The number of ether oxygens (including phenoxy) is 1. The molecule has 0 unspecified atom stereocenters. The molecule has 7 heteroatoms. The maximum Gasteiger partial charge on any atom is 0.388 e. The first kappa shape index (κ1) is 18.6. The van der Waals surface area contributed by atoms with Crippen LogP contribution in [0, 0.1) is 6.92 Å². The minimum atomic E-state index is -3.02. The van der Waals surface area contributed by atoms with Gasteiger partial charge in [0, 0.05) is 18.4 Å². The zero-order valence-electron chi connectivity index (χ0n) is 14.6. The number of carbonyl (C=O) groups is 1. The van der Waals surface area contributed by atoms with Gasteiger partial charge in [-0.15, -0.1) is 0 Å². The number of pyridine rings is 1. The predicted octanol–water partition coefficient (Wildman–Crippen LogP) is 4.78. The number of aryl methyl sites for hydroxylation is 1. The summed E-state index contributed by atoms with van der Waals surface area (Å²) in [4.78, 5) is 17.9. The minimum absolute atomic E-state index is 0.0878. The van der Waals surface area contributed by atoms with E-state index in [9.17, 15) is 13.6 Å². The lowest BCUT2D eigenvalue weighted by Gasteiger charge is -2.23. The summed E-state index contributed by atoms with van der Waals surface area (Å²) in [6, 6.07) is 10.1. The van der Waals surface area contributed by atoms with Gasteiger partial charge in [-0.25, -0.2) is 9.78 Å². The summed E-state index contributed by atoms with van der Waals surface area (Å²) in [5, 5.41) is 2.57. The molecule has 2 rings (SSSR count). The number of carbonyl (C=O) groups excluding carboxylic acids is 1. The molecule has 0 radical (unpaired) electrons. The van der Waals surface area contributed by atoms with Gasteiger partial charge in [-0.2, -0.15) is 8.78 Å². The van der Waals surface area contributed by atoms with Crippen molar-refractivity contribution in [3.63, 3.8) is 0 Å². The lowest BCUT2D eigenvalue weighted by atomic mass is 10.0. The molecule has 0 fully saturated rings. The number of halogens is 2. The Bertz CT molecular complexity index is 751. The number of benzene rings is 1. The number of urea groups is 1. The van der Waals surface area contributed by atoms with Gasteiger partial charge in [-0.1, -0.05) is 32.0 Å². The molecule has 2 amide bonds. The molecule has 0 aliphatic carbocycles. The highest BCUT2D eigenvalue weighted by Crippen LogP contribution is 2.28. The first-order valence-corrected chi connectivity index (χ1v) is 7.85. The molecule has 0 spiro atoms. The second kappa shape index (κ2) is 7.92. The van der Waals surface area contributed by atoms with Gasteiger partial charge in [0.2, 0.25) is 5.88 Å². The third-order valence-electron chi connectivity index (χ3n) is 3.67. The molecule has 0 saturated carbocycles. The van der Waals surface area contributed by atoms with Crippen LogP contribution in [0.3, 0.4) is 0 Å². The average molecular weight is 349 g/mol. The van der Waals surface area contributed by atoms with E-state index in [4.69, 9.17) is 0 Å². The van der Waals surface area contributed by atoms with Gasteiger partial charge in [0.25, 0.3) is 0 Å². The maximum absolute atomic E-state index is 12.6. The van der Waals surface area contributed by atoms with Crippen molar-refractivity contribution in [2.75, 3.05) is 17.3 Å². The van der Waals surface area contributed by atoms with E-state index in [0.29, 0.717) is 5.69 Å². The second-order valence-electron chi connectivity index (χ2n) is 5.89. The van der Waals surface area contributed by atoms with Gasteiger partial charge in [0.05, 0.1) is 0 Å². The fraction of sp³-hybridized carbons (Fsp3) is 0.333. The fourth-order valence-corrected chi connectivity index (χ4v) is 2.39. The Hall–Kier alpha value is -2.70. The van der Waals surface area contributed by atoms with Crippen molar-refractivity contribution in [2.24, 2.45) is 0 Å². The fourth-order valence-electron chi connectivity index (χ4n) is 2.39. The van der Waals surface area contributed by atoms with Crippen LogP contribution >= 0.6 is 0 Å². The van der Waals surface area contributed by atoms with E-state index < -0.39 is 12.6 Å². The molecular formula is C18H21F2N3O2. The molecule has 0 atom stereocenters. The molecule has 5 nitrogen and oxygen atoms in total. The number of nitrogens with zero attached hydrogens (tertiary/aromatic N) is 2. The van der Waals surface area contributed by atoms with Crippen molar-refractivity contribution in [1.29, 1.82) is 0 Å². The summed E-state index contributed by atoms with van der Waals surface area (Å²) >= 11 is 0. The first-order chi connectivity index (χ1) is 11.8. The quantitative estimate of drug-likeness (QED) is 0.845. The Balaban J connectivity index is 2.25. The van der Waals surface area contributed by atoms with Crippen molar-refractivity contribution in [3.8, 4) is 5.88 Å². The Morgan fingerprint density at radius 1 is 1.20 bits per heavy atom. The molecule has 0 aliphatic heterocycles. The number of amides is 2. The number of hydrogen-bond donors (Lipinski definition) is 1. The van der Waals surface area contributed by atoms with Crippen LogP contribution in [-0.2, 0) is 0 Å². The van der Waals surface area contributed by atoms with Crippen molar-refractivity contribution in [2.45, 2.75) is 33.3 Å². The maximum atomic E-state index is 12.6.